The summed E-state index contributed by atoms with van der Waals surface area (Å²) in [6, 6.07) is 8.08. The van der Waals surface area contributed by atoms with Crippen molar-refractivity contribution in [3.63, 3.8) is 0 Å². The van der Waals surface area contributed by atoms with Gasteiger partial charge in [0.15, 0.2) is 0 Å². The second-order valence-corrected chi connectivity index (χ2v) is 6.37. The molecule has 24 heavy (non-hydrogen) atoms. The van der Waals surface area contributed by atoms with E-state index in [0.29, 0.717) is 6.61 Å². The molecule has 0 heterocycles. The van der Waals surface area contributed by atoms with Gasteiger partial charge in [0, 0.05) is 0 Å². The molecule has 3 heteroatoms. The highest BCUT2D eigenvalue weighted by molar-refractivity contribution is 5.28. The molecule has 1 rings (SSSR count). The molecule has 1 N–H and O–H groups in total. The summed E-state index contributed by atoms with van der Waals surface area (Å²) in [6.45, 7) is 7.88. The summed E-state index contributed by atoms with van der Waals surface area (Å²) in [4.78, 5) is 0. The highest BCUT2D eigenvalue weighted by Crippen LogP contribution is 2.19. The normalized spacial score (nSPS) is 13.5. The Morgan fingerprint density at radius 2 is 1.83 bits per heavy atom. The fourth-order valence-corrected chi connectivity index (χ4v) is 2.63. The lowest BCUT2D eigenvalue weighted by Crippen LogP contribution is -2.32. The molecular formula is C21H34O3. The first-order valence-corrected chi connectivity index (χ1v) is 9.33. The van der Waals surface area contributed by atoms with E-state index in [1.807, 2.05) is 18.2 Å². The first-order valence-electron chi connectivity index (χ1n) is 9.33. The average molecular weight is 334 g/mol. The molecule has 1 aromatic rings. The number of aliphatic hydroxyl groups excluding tert-OH is 1. The topological polar surface area (TPSA) is 38.7 Å². The van der Waals surface area contributed by atoms with Gasteiger partial charge in [-0.3, -0.25) is 0 Å². The van der Waals surface area contributed by atoms with E-state index >= 15 is 0 Å². The highest BCUT2D eigenvalue weighted by Gasteiger charge is 2.17. The van der Waals surface area contributed by atoms with Gasteiger partial charge in [0.25, 0.3) is 0 Å². The number of ether oxygens (including phenoxy) is 2. The number of hydrogen-bond donors (Lipinski definition) is 1. The van der Waals surface area contributed by atoms with Crippen molar-refractivity contribution in [1.29, 1.82) is 0 Å². The average Bonchev–Trinajstić information content (AvgIpc) is 2.58. The lowest BCUT2D eigenvalue weighted by Gasteiger charge is -2.21. The van der Waals surface area contributed by atoms with Crippen molar-refractivity contribution in [3.05, 3.63) is 42.5 Å². The molecule has 0 bridgehead atoms. The van der Waals surface area contributed by atoms with Gasteiger partial charge in [0.2, 0.25) is 6.29 Å². The summed E-state index contributed by atoms with van der Waals surface area (Å²) in [5.74, 6) is 0.741. The molecular weight excluding hydrogens is 300 g/mol. The molecule has 0 saturated carbocycles. The first kappa shape index (κ1) is 20.7. The minimum absolute atomic E-state index is 0.354. The van der Waals surface area contributed by atoms with Gasteiger partial charge < -0.3 is 14.6 Å². The number of aryl methyl sites for hydroxylation is 1. The highest BCUT2D eigenvalue weighted by atomic mass is 16.7. The minimum atomic E-state index is -0.697. The Morgan fingerprint density at radius 3 is 2.50 bits per heavy atom. The second-order valence-electron chi connectivity index (χ2n) is 6.37. The van der Waals surface area contributed by atoms with Gasteiger partial charge in [-0.2, -0.15) is 0 Å². The maximum atomic E-state index is 9.75. The Morgan fingerprint density at radius 1 is 1.12 bits per heavy atom. The third kappa shape index (κ3) is 9.09. The predicted octanol–water partition coefficient (Wildman–Crippen LogP) is 5.27. The van der Waals surface area contributed by atoms with Gasteiger partial charge >= 0.3 is 0 Å². The molecule has 1 aromatic carbocycles. The van der Waals surface area contributed by atoms with Crippen LogP contribution in [-0.4, -0.2) is 24.1 Å². The van der Waals surface area contributed by atoms with Crippen LogP contribution in [0.15, 0.2) is 36.9 Å². The maximum Gasteiger partial charge on any atom is 0.226 e. The quantitative estimate of drug-likeness (QED) is 0.286. The Labute approximate surface area is 147 Å². The van der Waals surface area contributed by atoms with Gasteiger partial charge in [-0.15, -0.1) is 6.58 Å². The van der Waals surface area contributed by atoms with E-state index in [1.165, 1.54) is 50.5 Å². The summed E-state index contributed by atoms with van der Waals surface area (Å²) in [7, 11) is 0. The molecule has 0 fully saturated rings. The van der Waals surface area contributed by atoms with Crippen LogP contribution in [0.4, 0.5) is 0 Å². The van der Waals surface area contributed by atoms with E-state index in [0.717, 1.165) is 12.2 Å². The summed E-state index contributed by atoms with van der Waals surface area (Å²) < 4.78 is 11.2. The van der Waals surface area contributed by atoms with Crippen molar-refractivity contribution in [2.45, 2.75) is 77.6 Å². The van der Waals surface area contributed by atoms with Crippen LogP contribution < -0.4 is 4.74 Å². The van der Waals surface area contributed by atoms with Crippen LogP contribution in [0.1, 0.15) is 64.4 Å². The number of rotatable bonds is 14. The van der Waals surface area contributed by atoms with Crippen LogP contribution in [0.5, 0.6) is 5.75 Å². The molecule has 0 aromatic heterocycles. The Bertz CT molecular complexity index is 442. The van der Waals surface area contributed by atoms with Crippen molar-refractivity contribution < 1.29 is 14.6 Å². The number of unbranched alkanes of at least 4 members (excludes halogenated alkanes) is 6. The summed E-state index contributed by atoms with van der Waals surface area (Å²) in [5, 5.41) is 9.75. The predicted molar refractivity (Wildman–Crippen MR) is 100 cm³/mol. The standard InChI is InChI=1S/C21H34O3/c1-4-6-7-8-9-10-11-13-19-14-12-15-20(17-19)24-21(18(3)22)23-16-5-2/h5,12,14-15,17-18,21-22H,2,4,6-11,13,16H2,1,3H3. The van der Waals surface area contributed by atoms with E-state index in [2.05, 4.69) is 19.6 Å². The third-order valence-corrected chi connectivity index (χ3v) is 3.99. The third-order valence-electron chi connectivity index (χ3n) is 3.99. The second kappa shape index (κ2) is 13.0. The molecule has 0 aliphatic carbocycles. The molecule has 0 spiro atoms. The number of benzene rings is 1. The lowest BCUT2D eigenvalue weighted by atomic mass is 10.0. The van der Waals surface area contributed by atoms with E-state index in [9.17, 15) is 5.11 Å². The van der Waals surface area contributed by atoms with Gasteiger partial charge in [-0.25, -0.2) is 0 Å². The Balaban J connectivity index is 2.38. The zero-order valence-corrected chi connectivity index (χ0v) is 15.4. The minimum Gasteiger partial charge on any atom is -0.462 e. The SMILES string of the molecule is C=CCOC(Oc1cccc(CCCCCCCCC)c1)C(C)O. The van der Waals surface area contributed by atoms with Crippen molar-refractivity contribution >= 4 is 0 Å². The van der Waals surface area contributed by atoms with Crippen molar-refractivity contribution in [2.24, 2.45) is 0 Å². The largest absolute Gasteiger partial charge is 0.462 e. The van der Waals surface area contributed by atoms with E-state index < -0.39 is 12.4 Å². The van der Waals surface area contributed by atoms with E-state index in [4.69, 9.17) is 9.47 Å². The molecule has 0 amide bonds. The molecule has 0 radical (unpaired) electrons. The van der Waals surface area contributed by atoms with Gasteiger partial charge in [-0.05, 0) is 37.5 Å². The van der Waals surface area contributed by atoms with Crippen LogP contribution in [0.25, 0.3) is 0 Å². The fourth-order valence-electron chi connectivity index (χ4n) is 2.63. The van der Waals surface area contributed by atoms with Gasteiger partial charge in [0.05, 0.1) is 6.61 Å². The van der Waals surface area contributed by atoms with E-state index in [1.54, 1.807) is 13.0 Å². The number of hydrogen-bond acceptors (Lipinski definition) is 3. The van der Waals surface area contributed by atoms with E-state index in [-0.39, 0.29) is 0 Å². The van der Waals surface area contributed by atoms with Gasteiger partial charge in [-0.1, -0.05) is 63.7 Å². The smallest absolute Gasteiger partial charge is 0.226 e. The molecule has 0 aliphatic heterocycles. The molecule has 0 aliphatic rings. The van der Waals surface area contributed by atoms with Gasteiger partial charge in [0.1, 0.15) is 11.9 Å². The van der Waals surface area contributed by atoms with Crippen LogP contribution >= 0.6 is 0 Å². The zero-order valence-electron chi connectivity index (χ0n) is 15.4. The zero-order chi connectivity index (χ0) is 17.6. The van der Waals surface area contributed by atoms with Crippen LogP contribution in [0.2, 0.25) is 0 Å². The Kier molecular flexibility index (Phi) is 11.2. The Hall–Kier alpha value is -1.32. The number of aliphatic hydroxyl groups is 1. The lowest BCUT2D eigenvalue weighted by molar-refractivity contribution is -0.131. The monoisotopic (exact) mass is 334 g/mol. The molecule has 3 nitrogen and oxygen atoms in total. The van der Waals surface area contributed by atoms with Crippen molar-refractivity contribution in [2.75, 3.05) is 6.61 Å². The molecule has 2 unspecified atom stereocenters. The van der Waals surface area contributed by atoms with Crippen molar-refractivity contribution in [1.82, 2.24) is 0 Å². The van der Waals surface area contributed by atoms with Crippen LogP contribution in [0, 0.1) is 0 Å². The maximum absolute atomic E-state index is 9.75. The molecule has 0 saturated heterocycles. The molecule has 2 atom stereocenters. The summed E-state index contributed by atoms with van der Waals surface area (Å²) >= 11 is 0. The molecule has 136 valence electrons. The summed E-state index contributed by atoms with van der Waals surface area (Å²) in [5.41, 5.74) is 1.27. The van der Waals surface area contributed by atoms with Crippen molar-refractivity contribution in [3.8, 4) is 5.75 Å². The van der Waals surface area contributed by atoms with Crippen LogP contribution in [-0.2, 0) is 11.2 Å². The summed E-state index contributed by atoms with van der Waals surface area (Å²) in [6.07, 6.45) is 10.6. The first-order chi connectivity index (χ1) is 11.7. The fraction of sp³-hybridized carbons (Fsp3) is 0.619. The van der Waals surface area contributed by atoms with Crippen LogP contribution in [0.3, 0.4) is 0 Å².